The molecule has 0 fully saturated rings. The van der Waals surface area contributed by atoms with E-state index >= 15 is 0 Å². The van der Waals surface area contributed by atoms with Gasteiger partial charge in [0.15, 0.2) is 6.29 Å². The Kier molecular flexibility index (Phi) is 9.49. The van der Waals surface area contributed by atoms with Crippen LogP contribution in [0.1, 0.15) is 46.5 Å². The summed E-state index contributed by atoms with van der Waals surface area (Å²) in [7, 11) is 0. The minimum atomic E-state index is -0.499. The molecule has 15 heavy (non-hydrogen) atoms. The van der Waals surface area contributed by atoms with Gasteiger partial charge in [0, 0.05) is 0 Å². The van der Waals surface area contributed by atoms with Crippen LogP contribution in [-0.4, -0.2) is 25.4 Å². The van der Waals surface area contributed by atoms with Crippen molar-refractivity contribution in [3.05, 3.63) is 5.57 Å². The molecule has 0 aromatic rings. The summed E-state index contributed by atoms with van der Waals surface area (Å²) in [6, 6.07) is 0. The lowest BCUT2D eigenvalue weighted by molar-refractivity contribution is -0.118. The first-order valence-corrected chi connectivity index (χ1v) is 5.71. The molecule has 0 unspecified atom stereocenters. The lowest BCUT2D eigenvalue weighted by Crippen LogP contribution is -2.20. The Morgan fingerprint density at radius 2 is 1.60 bits per heavy atom. The van der Waals surface area contributed by atoms with Gasteiger partial charge in [0.05, 0.1) is 18.8 Å². The average Bonchev–Trinajstić information content (AvgIpc) is 2.26. The molecular weight excluding hydrogens is 192 g/mol. The zero-order chi connectivity index (χ0) is 11.5. The minimum Gasteiger partial charge on any atom is -0.348 e. The molecule has 0 saturated carbocycles. The number of carbonyl (C=O) groups excluding carboxylic acids is 1. The van der Waals surface area contributed by atoms with Gasteiger partial charge in [-0.15, -0.1) is 0 Å². The molecule has 0 aromatic heterocycles. The molecule has 0 N–H and O–H groups in total. The van der Waals surface area contributed by atoms with Crippen LogP contribution in [0.25, 0.3) is 0 Å². The van der Waals surface area contributed by atoms with Crippen molar-refractivity contribution in [1.29, 1.82) is 0 Å². The summed E-state index contributed by atoms with van der Waals surface area (Å²) in [5.41, 5.74) is 0.488. The number of hydrogen-bond donors (Lipinski definition) is 0. The fourth-order valence-electron chi connectivity index (χ4n) is 1.02. The summed E-state index contributed by atoms with van der Waals surface area (Å²) in [5.74, 6) is 1.84. The maximum Gasteiger partial charge on any atom is 0.190 e. The molecule has 0 saturated heterocycles. The number of rotatable bonds is 9. The van der Waals surface area contributed by atoms with Gasteiger partial charge in [0.1, 0.15) is 5.94 Å². The molecule has 0 aliphatic rings. The first-order valence-electron chi connectivity index (χ1n) is 5.71. The van der Waals surface area contributed by atoms with Gasteiger partial charge in [-0.3, -0.25) is 0 Å². The van der Waals surface area contributed by atoms with E-state index in [1.54, 1.807) is 6.92 Å². The molecule has 0 atom stereocenters. The molecule has 3 nitrogen and oxygen atoms in total. The molecule has 0 bridgehead atoms. The maximum absolute atomic E-state index is 10.5. The lowest BCUT2D eigenvalue weighted by atomic mass is 10.3. The lowest BCUT2D eigenvalue weighted by Gasteiger charge is -2.17. The van der Waals surface area contributed by atoms with Crippen LogP contribution in [-0.2, 0) is 14.3 Å². The number of ether oxygens (including phenoxy) is 2. The highest BCUT2D eigenvalue weighted by Crippen LogP contribution is 2.07. The van der Waals surface area contributed by atoms with Crippen molar-refractivity contribution in [3.63, 3.8) is 0 Å². The van der Waals surface area contributed by atoms with E-state index in [-0.39, 0.29) is 0 Å². The van der Waals surface area contributed by atoms with Crippen LogP contribution in [0.5, 0.6) is 0 Å². The summed E-state index contributed by atoms with van der Waals surface area (Å²) in [4.78, 5) is 10.5. The predicted octanol–water partition coefficient (Wildman–Crippen LogP) is 2.72. The Balaban J connectivity index is 3.90. The van der Waals surface area contributed by atoms with Gasteiger partial charge in [-0.25, -0.2) is 4.79 Å². The highest BCUT2D eigenvalue weighted by atomic mass is 16.7. The number of unbranched alkanes of at least 4 members (excludes halogenated alkanes) is 2. The largest absolute Gasteiger partial charge is 0.348 e. The molecule has 0 rings (SSSR count). The number of hydrogen-bond acceptors (Lipinski definition) is 3. The first kappa shape index (κ1) is 14.4. The van der Waals surface area contributed by atoms with Crippen LogP contribution in [0, 0.1) is 0 Å². The van der Waals surface area contributed by atoms with E-state index in [4.69, 9.17) is 9.47 Å². The van der Waals surface area contributed by atoms with E-state index in [0.29, 0.717) is 18.8 Å². The molecular formula is C12H22O3. The van der Waals surface area contributed by atoms with Crippen molar-refractivity contribution >= 4 is 5.94 Å². The predicted molar refractivity (Wildman–Crippen MR) is 60.4 cm³/mol. The van der Waals surface area contributed by atoms with E-state index < -0.39 is 6.29 Å². The summed E-state index contributed by atoms with van der Waals surface area (Å²) in [6.45, 7) is 7.14. The molecule has 88 valence electrons. The van der Waals surface area contributed by atoms with Crippen LogP contribution in [0.3, 0.4) is 0 Å². The Bertz CT molecular complexity index is 185. The van der Waals surface area contributed by atoms with E-state index in [2.05, 4.69) is 13.8 Å². The molecule has 0 aliphatic carbocycles. The Labute approximate surface area is 92.5 Å². The van der Waals surface area contributed by atoms with Gasteiger partial charge in [0.2, 0.25) is 0 Å². The molecule has 0 heterocycles. The van der Waals surface area contributed by atoms with Crippen molar-refractivity contribution in [3.8, 4) is 0 Å². The second-order valence-corrected chi connectivity index (χ2v) is 3.57. The van der Waals surface area contributed by atoms with Crippen molar-refractivity contribution in [2.45, 2.75) is 52.7 Å². The third-order valence-corrected chi connectivity index (χ3v) is 2.05. The summed E-state index contributed by atoms with van der Waals surface area (Å²) in [6.07, 6.45) is 3.62. The highest BCUT2D eigenvalue weighted by molar-refractivity contribution is 5.52. The standard InChI is InChI=1S/C12H22O3/c1-4-6-8-14-12(11(3)10-13)15-9-7-5-2/h12H,4-9H2,1-3H3. The summed E-state index contributed by atoms with van der Waals surface area (Å²) >= 11 is 0. The topological polar surface area (TPSA) is 35.5 Å². The SMILES string of the molecule is CCCCOC(OCCCC)C(C)=C=O. The van der Waals surface area contributed by atoms with E-state index in [1.165, 1.54) is 0 Å². The van der Waals surface area contributed by atoms with Crippen molar-refractivity contribution in [2.75, 3.05) is 13.2 Å². The van der Waals surface area contributed by atoms with Crippen molar-refractivity contribution in [1.82, 2.24) is 0 Å². The second kappa shape index (κ2) is 9.91. The molecule has 0 aromatic carbocycles. The van der Waals surface area contributed by atoms with Crippen LogP contribution in [0.4, 0.5) is 0 Å². The Morgan fingerprint density at radius 1 is 1.13 bits per heavy atom. The van der Waals surface area contributed by atoms with Crippen LogP contribution in [0.15, 0.2) is 5.57 Å². The molecule has 0 amide bonds. The van der Waals surface area contributed by atoms with Crippen molar-refractivity contribution in [2.24, 2.45) is 0 Å². The second-order valence-electron chi connectivity index (χ2n) is 3.57. The van der Waals surface area contributed by atoms with Crippen molar-refractivity contribution < 1.29 is 14.3 Å². The average molecular weight is 214 g/mol. The molecule has 0 aliphatic heterocycles. The van der Waals surface area contributed by atoms with E-state index in [9.17, 15) is 4.79 Å². The van der Waals surface area contributed by atoms with Gasteiger partial charge in [-0.2, -0.15) is 0 Å². The highest BCUT2D eigenvalue weighted by Gasteiger charge is 2.11. The normalized spacial score (nSPS) is 10.4. The third-order valence-electron chi connectivity index (χ3n) is 2.05. The van der Waals surface area contributed by atoms with E-state index in [0.717, 1.165) is 25.7 Å². The molecule has 0 radical (unpaired) electrons. The minimum absolute atomic E-state index is 0.488. The van der Waals surface area contributed by atoms with Crippen LogP contribution < -0.4 is 0 Å². The zero-order valence-corrected chi connectivity index (χ0v) is 10.0. The van der Waals surface area contributed by atoms with Crippen LogP contribution >= 0.6 is 0 Å². The molecule has 3 heteroatoms. The molecule has 0 spiro atoms. The Morgan fingerprint density at radius 3 is 1.93 bits per heavy atom. The fourth-order valence-corrected chi connectivity index (χ4v) is 1.02. The summed E-state index contributed by atoms with van der Waals surface area (Å²) < 4.78 is 10.9. The zero-order valence-electron chi connectivity index (χ0n) is 10.0. The van der Waals surface area contributed by atoms with Gasteiger partial charge in [0.25, 0.3) is 0 Å². The first-order chi connectivity index (χ1) is 7.26. The summed E-state index contributed by atoms with van der Waals surface area (Å²) in [5, 5.41) is 0. The maximum atomic E-state index is 10.5. The third kappa shape index (κ3) is 7.32. The fraction of sp³-hybridized carbons (Fsp3) is 0.833. The Hall–Kier alpha value is -0.630. The monoisotopic (exact) mass is 214 g/mol. The van der Waals surface area contributed by atoms with Gasteiger partial charge >= 0.3 is 0 Å². The van der Waals surface area contributed by atoms with E-state index in [1.807, 2.05) is 5.94 Å². The van der Waals surface area contributed by atoms with Gasteiger partial charge < -0.3 is 9.47 Å². The van der Waals surface area contributed by atoms with Crippen LogP contribution in [0.2, 0.25) is 0 Å². The van der Waals surface area contributed by atoms with Gasteiger partial charge in [-0.05, 0) is 19.8 Å². The quantitative estimate of drug-likeness (QED) is 0.336. The smallest absolute Gasteiger partial charge is 0.190 e. The van der Waals surface area contributed by atoms with Gasteiger partial charge in [-0.1, -0.05) is 26.7 Å².